The van der Waals surface area contributed by atoms with Gasteiger partial charge in [0.05, 0.1) is 5.56 Å². The number of carbonyl (C=O) groups excluding carboxylic acids is 1. The van der Waals surface area contributed by atoms with Crippen molar-refractivity contribution in [3.63, 3.8) is 0 Å². The third-order valence-corrected chi connectivity index (χ3v) is 3.26. The first kappa shape index (κ1) is 8.72. The molecule has 1 aromatic carbocycles. The third-order valence-electron chi connectivity index (χ3n) is 1.80. The number of primary amides is 1. The van der Waals surface area contributed by atoms with Crippen LogP contribution in [0.25, 0.3) is 10.1 Å². The Morgan fingerprint density at radius 3 is 2.92 bits per heavy atom. The van der Waals surface area contributed by atoms with E-state index >= 15 is 0 Å². The van der Waals surface area contributed by atoms with Gasteiger partial charge in [-0.05, 0) is 18.2 Å². The lowest BCUT2D eigenvalue weighted by Gasteiger charge is -1.93. The van der Waals surface area contributed by atoms with Gasteiger partial charge in [0.1, 0.15) is 0 Å². The van der Waals surface area contributed by atoms with Gasteiger partial charge in [-0.15, -0.1) is 11.3 Å². The second-order valence-electron chi connectivity index (χ2n) is 2.65. The number of thiophene rings is 1. The van der Waals surface area contributed by atoms with Crippen LogP contribution in [0.3, 0.4) is 0 Å². The van der Waals surface area contributed by atoms with Crippen molar-refractivity contribution in [1.82, 2.24) is 0 Å². The van der Waals surface area contributed by atoms with E-state index < -0.39 is 0 Å². The zero-order valence-corrected chi connectivity index (χ0v) is 8.98. The number of nitrogens with two attached hydrogens (primary N) is 1. The van der Waals surface area contributed by atoms with Crippen LogP contribution in [0.5, 0.6) is 0 Å². The van der Waals surface area contributed by atoms with Crippen LogP contribution < -0.4 is 5.73 Å². The number of carbonyl (C=O) groups is 1. The van der Waals surface area contributed by atoms with Crippen molar-refractivity contribution < 1.29 is 4.79 Å². The highest BCUT2D eigenvalue weighted by Crippen LogP contribution is 2.28. The first-order valence-electron chi connectivity index (χ1n) is 3.65. The monoisotopic (exact) mass is 255 g/mol. The summed E-state index contributed by atoms with van der Waals surface area (Å²) < 4.78 is 2.04. The summed E-state index contributed by atoms with van der Waals surface area (Å²) in [5.41, 5.74) is 5.83. The summed E-state index contributed by atoms with van der Waals surface area (Å²) in [6, 6.07) is 5.83. The van der Waals surface area contributed by atoms with E-state index in [1.54, 1.807) is 5.38 Å². The predicted octanol–water partition coefficient (Wildman–Crippen LogP) is 2.76. The minimum absolute atomic E-state index is 0.371. The summed E-state index contributed by atoms with van der Waals surface area (Å²) >= 11 is 4.88. The lowest BCUT2D eigenvalue weighted by atomic mass is 10.2. The van der Waals surface area contributed by atoms with E-state index in [0.29, 0.717) is 5.56 Å². The highest BCUT2D eigenvalue weighted by atomic mass is 79.9. The zero-order chi connectivity index (χ0) is 9.42. The molecule has 1 aromatic heterocycles. The maximum Gasteiger partial charge on any atom is 0.250 e. The molecule has 13 heavy (non-hydrogen) atoms. The molecule has 0 aliphatic heterocycles. The molecular formula is C9H6BrNOS. The SMILES string of the molecule is NC(=O)c1csc2ccc(Br)cc12. The molecule has 0 radical (unpaired) electrons. The first-order chi connectivity index (χ1) is 6.18. The number of halogens is 1. The van der Waals surface area contributed by atoms with Crippen LogP contribution in [0.1, 0.15) is 10.4 Å². The molecule has 2 rings (SSSR count). The van der Waals surface area contributed by atoms with Gasteiger partial charge < -0.3 is 5.73 Å². The Balaban J connectivity index is 2.79. The summed E-state index contributed by atoms with van der Waals surface area (Å²) in [6.07, 6.45) is 0. The van der Waals surface area contributed by atoms with Crippen molar-refractivity contribution in [2.24, 2.45) is 5.73 Å². The van der Waals surface area contributed by atoms with E-state index in [9.17, 15) is 4.79 Å². The number of hydrogen-bond acceptors (Lipinski definition) is 2. The average Bonchev–Trinajstić information content (AvgIpc) is 2.46. The van der Waals surface area contributed by atoms with Gasteiger partial charge in [0, 0.05) is 19.9 Å². The number of fused-ring (bicyclic) bond motifs is 1. The number of amides is 1. The first-order valence-corrected chi connectivity index (χ1v) is 5.32. The lowest BCUT2D eigenvalue weighted by molar-refractivity contribution is 0.100. The number of hydrogen-bond donors (Lipinski definition) is 1. The zero-order valence-electron chi connectivity index (χ0n) is 6.58. The van der Waals surface area contributed by atoms with E-state index in [0.717, 1.165) is 14.6 Å². The minimum Gasteiger partial charge on any atom is -0.366 e. The quantitative estimate of drug-likeness (QED) is 0.837. The fourth-order valence-electron chi connectivity index (χ4n) is 1.19. The van der Waals surface area contributed by atoms with Crippen LogP contribution >= 0.6 is 27.3 Å². The van der Waals surface area contributed by atoms with Crippen LogP contribution in [0.2, 0.25) is 0 Å². The Hall–Kier alpha value is -0.870. The fourth-order valence-corrected chi connectivity index (χ4v) is 2.48. The van der Waals surface area contributed by atoms with Crippen molar-refractivity contribution >= 4 is 43.3 Å². The van der Waals surface area contributed by atoms with E-state index in [1.807, 2.05) is 18.2 Å². The molecule has 0 aliphatic carbocycles. The third kappa shape index (κ3) is 1.47. The Kier molecular flexibility index (Phi) is 2.09. The Bertz CT molecular complexity index is 477. The van der Waals surface area contributed by atoms with Gasteiger partial charge in [0.25, 0.3) is 0 Å². The van der Waals surface area contributed by atoms with Crippen molar-refractivity contribution in [3.05, 3.63) is 33.6 Å². The molecule has 0 bridgehead atoms. The average molecular weight is 256 g/mol. The molecule has 0 spiro atoms. The molecule has 0 atom stereocenters. The van der Waals surface area contributed by atoms with Crippen LogP contribution in [0.15, 0.2) is 28.1 Å². The van der Waals surface area contributed by atoms with E-state index in [4.69, 9.17) is 5.73 Å². The fraction of sp³-hybridized carbons (Fsp3) is 0. The summed E-state index contributed by atoms with van der Waals surface area (Å²) in [7, 11) is 0. The summed E-state index contributed by atoms with van der Waals surface area (Å²) in [5.74, 6) is -0.371. The van der Waals surface area contributed by atoms with Crippen LogP contribution in [0.4, 0.5) is 0 Å². The van der Waals surface area contributed by atoms with E-state index in [-0.39, 0.29) is 5.91 Å². The Labute approximate surface area is 87.5 Å². The molecule has 4 heteroatoms. The van der Waals surface area contributed by atoms with E-state index in [2.05, 4.69) is 15.9 Å². The van der Waals surface area contributed by atoms with Gasteiger partial charge in [0.2, 0.25) is 5.91 Å². The Morgan fingerprint density at radius 2 is 2.23 bits per heavy atom. The summed E-state index contributed by atoms with van der Waals surface area (Å²) in [6.45, 7) is 0. The highest BCUT2D eigenvalue weighted by molar-refractivity contribution is 9.10. The van der Waals surface area contributed by atoms with Gasteiger partial charge in [0.15, 0.2) is 0 Å². The maximum atomic E-state index is 11.0. The van der Waals surface area contributed by atoms with Gasteiger partial charge >= 0.3 is 0 Å². The number of rotatable bonds is 1. The molecule has 1 amide bonds. The second kappa shape index (κ2) is 3.12. The van der Waals surface area contributed by atoms with Gasteiger partial charge in [-0.1, -0.05) is 15.9 Å². The lowest BCUT2D eigenvalue weighted by Crippen LogP contribution is -2.09. The van der Waals surface area contributed by atoms with Crippen molar-refractivity contribution in [2.45, 2.75) is 0 Å². The molecule has 66 valence electrons. The molecule has 0 aliphatic rings. The molecule has 2 N–H and O–H groups in total. The largest absolute Gasteiger partial charge is 0.366 e. The molecule has 0 saturated carbocycles. The van der Waals surface area contributed by atoms with Gasteiger partial charge in [-0.3, -0.25) is 4.79 Å². The van der Waals surface area contributed by atoms with Crippen LogP contribution in [0, 0.1) is 0 Å². The van der Waals surface area contributed by atoms with Gasteiger partial charge in [-0.2, -0.15) is 0 Å². The maximum absolute atomic E-state index is 11.0. The normalized spacial score (nSPS) is 10.5. The van der Waals surface area contributed by atoms with Crippen molar-refractivity contribution in [1.29, 1.82) is 0 Å². The van der Waals surface area contributed by atoms with E-state index in [1.165, 1.54) is 11.3 Å². The van der Waals surface area contributed by atoms with Crippen LogP contribution in [-0.2, 0) is 0 Å². The summed E-state index contributed by atoms with van der Waals surface area (Å²) in [4.78, 5) is 11.0. The Morgan fingerprint density at radius 1 is 1.46 bits per heavy atom. The highest BCUT2D eigenvalue weighted by Gasteiger charge is 2.08. The van der Waals surface area contributed by atoms with Crippen LogP contribution in [-0.4, -0.2) is 5.91 Å². The molecule has 0 unspecified atom stereocenters. The van der Waals surface area contributed by atoms with Gasteiger partial charge in [-0.25, -0.2) is 0 Å². The van der Waals surface area contributed by atoms with Crippen molar-refractivity contribution in [3.8, 4) is 0 Å². The topological polar surface area (TPSA) is 43.1 Å². The van der Waals surface area contributed by atoms with Crippen molar-refractivity contribution in [2.75, 3.05) is 0 Å². The smallest absolute Gasteiger partial charge is 0.250 e. The molecule has 2 nitrogen and oxygen atoms in total. The predicted molar refractivity (Wildman–Crippen MR) is 58.0 cm³/mol. The number of benzene rings is 1. The molecule has 0 saturated heterocycles. The minimum atomic E-state index is -0.371. The molecule has 2 aromatic rings. The molecular weight excluding hydrogens is 250 g/mol. The molecule has 1 heterocycles. The second-order valence-corrected chi connectivity index (χ2v) is 4.48. The standard InChI is InChI=1S/C9H6BrNOS/c10-5-1-2-8-6(3-5)7(4-13-8)9(11)12/h1-4H,(H2,11,12). The molecule has 0 fully saturated rings. The summed E-state index contributed by atoms with van der Waals surface area (Å²) in [5, 5.41) is 2.71.